The summed E-state index contributed by atoms with van der Waals surface area (Å²) >= 11 is 11.7. The third-order valence-corrected chi connectivity index (χ3v) is 3.04. The number of benzene rings is 1. The van der Waals surface area contributed by atoms with E-state index in [1.165, 1.54) is 0 Å². The summed E-state index contributed by atoms with van der Waals surface area (Å²) < 4.78 is 0. The average molecular weight is 269 g/mol. The monoisotopic (exact) mass is 268 g/mol. The van der Waals surface area contributed by atoms with Gasteiger partial charge in [0.25, 0.3) is 0 Å². The fourth-order valence-electron chi connectivity index (χ4n) is 1.46. The first-order chi connectivity index (χ1) is 8.16. The van der Waals surface area contributed by atoms with E-state index in [2.05, 4.69) is 9.97 Å². The Balaban J connectivity index is 2.13. The van der Waals surface area contributed by atoms with E-state index in [-0.39, 0.29) is 0 Å². The standard InChI is InChI=1S/C12H10Cl2N2O/c13-9-3-2-8(6-10(9)14)7-11(17)12-15-4-1-5-16-12/h1-6,11,17H,7H2. The zero-order valence-corrected chi connectivity index (χ0v) is 10.4. The third-order valence-electron chi connectivity index (χ3n) is 2.30. The number of aromatic nitrogens is 2. The van der Waals surface area contributed by atoms with Crippen LogP contribution in [0.15, 0.2) is 36.7 Å². The molecule has 1 aromatic carbocycles. The van der Waals surface area contributed by atoms with Gasteiger partial charge in [-0.25, -0.2) is 9.97 Å². The summed E-state index contributed by atoms with van der Waals surface area (Å²) in [6.07, 6.45) is 2.86. The molecule has 0 aliphatic rings. The summed E-state index contributed by atoms with van der Waals surface area (Å²) in [5, 5.41) is 10.9. The van der Waals surface area contributed by atoms with Crippen LogP contribution in [0.2, 0.25) is 10.0 Å². The van der Waals surface area contributed by atoms with Crippen molar-refractivity contribution in [1.29, 1.82) is 0 Å². The minimum atomic E-state index is -0.742. The van der Waals surface area contributed by atoms with Gasteiger partial charge in [-0.15, -0.1) is 0 Å². The van der Waals surface area contributed by atoms with Gasteiger partial charge in [-0.3, -0.25) is 0 Å². The number of hydrogen-bond acceptors (Lipinski definition) is 3. The van der Waals surface area contributed by atoms with Gasteiger partial charge in [0, 0.05) is 18.8 Å². The molecule has 1 heterocycles. The van der Waals surface area contributed by atoms with E-state index >= 15 is 0 Å². The second-order valence-corrected chi connectivity index (χ2v) is 4.39. The fraction of sp³-hybridized carbons (Fsp3) is 0.167. The normalized spacial score (nSPS) is 12.4. The van der Waals surface area contributed by atoms with Crippen molar-refractivity contribution in [3.8, 4) is 0 Å². The number of aliphatic hydroxyl groups is 1. The van der Waals surface area contributed by atoms with Gasteiger partial charge in [0.1, 0.15) is 6.10 Å². The molecule has 3 nitrogen and oxygen atoms in total. The van der Waals surface area contributed by atoms with Gasteiger partial charge in [-0.05, 0) is 23.8 Å². The topological polar surface area (TPSA) is 46.0 Å². The minimum absolute atomic E-state index is 0.401. The van der Waals surface area contributed by atoms with Crippen molar-refractivity contribution in [2.24, 2.45) is 0 Å². The number of aliphatic hydroxyl groups excluding tert-OH is 1. The number of rotatable bonds is 3. The second kappa shape index (κ2) is 5.45. The molecule has 0 radical (unpaired) electrons. The molecule has 2 rings (SSSR count). The Morgan fingerprint density at radius 1 is 1.12 bits per heavy atom. The summed E-state index contributed by atoms with van der Waals surface area (Å²) in [4.78, 5) is 7.99. The summed E-state index contributed by atoms with van der Waals surface area (Å²) in [5.41, 5.74) is 0.888. The molecule has 0 aliphatic heterocycles. The zero-order valence-electron chi connectivity index (χ0n) is 8.85. The lowest BCUT2D eigenvalue weighted by molar-refractivity contribution is 0.168. The lowest BCUT2D eigenvalue weighted by Gasteiger charge is -2.09. The molecule has 1 aromatic heterocycles. The van der Waals surface area contributed by atoms with Gasteiger partial charge in [0.15, 0.2) is 5.82 Å². The molecule has 0 spiro atoms. The highest BCUT2D eigenvalue weighted by Gasteiger charge is 2.11. The van der Waals surface area contributed by atoms with Gasteiger partial charge in [-0.1, -0.05) is 29.3 Å². The largest absolute Gasteiger partial charge is 0.385 e. The van der Waals surface area contributed by atoms with E-state index in [1.807, 2.05) is 6.07 Å². The Labute approximate surface area is 109 Å². The molecule has 1 unspecified atom stereocenters. The maximum Gasteiger partial charge on any atom is 0.157 e. The molecular weight excluding hydrogens is 259 g/mol. The molecule has 0 aliphatic carbocycles. The third kappa shape index (κ3) is 3.16. The van der Waals surface area contributed by atoms with Gasteiger partial charge in [0.05, 0.1) is 10.0 Å². The van der Waals surface area contributed by atoms with E-state index in [0.717, 1.165) is 5.56 Å². The Kier molecular flexibility index (Phi) is 3.94. The summed E-state index contributed by atoms with van der Waals surface area (Å²) in [6.45, 7) is 0. The van der Waals surface area contributed by atoms with Crippen LogP contribution < -0.4 is 0 Å². The number of hydrogen-bond donors (Lipinski definition) is 1. The van der Waals surface area contributed by atoms with Crippen LogP contribution in [0.5, 0.6) is 0 Å². The predicted molar refractivity (Wildman–Crippen MR) is 67.2 cm³/mol. The molecule has 1 N–H and O–H groups in total. The second-order valence-electron chi connectivity index (χ2n) is 3.58. The highest BCUT2D eigenvalue weighted by atomic mass is 35.5. The molecule has 0 amide bonds. The van der Waals surface area contributed by atoms with Crippen molar-refractivity contribution in [2.45, 2.75) is 12.5 Å². The fourth-order valence-corrected chi connectivity index (χ4v) is 1.78. The first-order valence-electron chi connectivity index (χ1n) is 5.05. The van der Waals surface area contributed by atoms with Gasteiger partial charge >= 0.3 is 0 Å². The average Bonchev–Trinajstić information content (AvgIpc) is 2.35. The van der Waals surface area contributed by atoms with Crippen LogP contribution in [0, 0.1) is 0 Å². The van der Waals surface area contributed by atoms with Crippen molar-refractivity contribution >= 4 is 23.2 Å². The lowest BCUT2D eigenvalue weighted by Crippen LogP contribution is -2.06. The van der Waals surface area contributed by atoms with E-state index in [1.54, 1.807) is 30.6 Å². The van der Waals surface area contributed by atoms with Crippen molar-refractivity contribution in [1.82, 2.24) is 9.97 Å². The Bertz CT molecular complexity index is 505. The zero-order chi connectivity index (χ0) is 12.3. The van der Waals surface area contributed by atoms with E-state index < -0.39 is 6.10 Å². The summed E-state index contributed by atoms with van der Waals surface area (Å²) in [5.74, 6) is 0.401. The highest BCUT2D eigenvalue weighted by molar-refractivity contribution is 6.42. The number of nitrogens with zero attached hydrogens (tertiary/aromatic N) is 2. The number of halogens is 2. The molecule has 0 bridgehead atoms. The van der Waals surface area contributed by atoms with E-state index in [4.69, 9.17) is 23.2 Å². The first kappa shape index (κ1) is 12.3. The molecular formula is C12H10Cl2N2O. The SMILES string of the molecule is OC(Cc1ccc(Cl)c(Cl)c1)c1ncccn1. The molecule has 17 heavy (non-hydrogen) atoms. The van der Waals surface area contributed by atoms with E-state index in [9.17, 15) is 5.11 Å². The van der Waals surface area contributed by atoms with Crippen LogP contribution in [0.3, 0.4) is 0 Å². The van der Waals surface area contributed by atoms with Crippen molar-refractivity contribution in [2.75, 3.05) is 0 Å². The molecule has 0 saturated carbocycles. The quantitative estimate of drug-likeness (QED) is 0.931. The predicted octanol–water partition coefficient (Wildman–Crippen LogP) is 3.06. The molecule has 5 heteroatoms. The smallest absolute Gasteiger partial charge is 0.157 e. The Morgan fingerprint density at radius 2 is 1.82 bits per heavy atom. The minimum Gasteiger partial charge on any atom is -0.385 e. The van der Waals surface area contributed by atoms with Crippen LogP contribution in [0.25, 0.3) is 0 Å². The van der Waals surface area contributed by atoms with Gasteiger partial charge in [-0.2, -0.15) is 0 Å². The van der Waals surface area contributed by atoms with Crippen LogP contribution in [-0.4, -0.2) is 15.1 Å². The van der Waals surface area contributed by atoms with Crippen molar-refractivity contribution < 1.29 is 5.11 Å². The molecule has 88 valence electrons. The Morgan fingerprint density at radius 3 is 2.47 bits per heavy atom. The van der Waals surface area contributed by atoms with Crippen LogP contribution >= 0.6 is 23.2 Å². The van der Waals surface area contributed by atoms with E-state index in [0.29, 0.717) is 22.3 Å². The van der Waals surface area contributed by atoms with Crippen LogP contribution in [-0.2, 0) is 6.42 Å². The van der Waals surface area contributed by atoms with Gasteiger partial charge in [0.2, 0.25) is 0 Å². The summed E-state index contributed by atoms with van der Waals surface area (Å²) in [7, 11) is 0. The first-order valence-corrected chi connectivity index (χ1v) is 5.81. The Hall–Kier alpha value is -1.16. The maximum absolute atomic E-state index is 9.93. The van der Waals surface area contributed by atoms with Crippen molar-refractivity contribution in [3.05, 3.63) is 58.1 Å². The van der Waals surface area contributed by atoms with Crippen molar-refractivity contribution in [3.63, 3.8) is 0 Å². The summed E-state index contributed by atoms with van der Waals surface area (Å²) in [6, 6.07) is 6.96. The lowest BCUT2D eigenvalue weighted by atomic mass is 10.1. The van der Waals surface area contributed by atoms with Crippen LogP contribution in [0.4, 0.5) is 0 Å². The molecule has 0 fully saturated rings. The maximum atomic E-state index is 9.93. The molecule has 2 aromatic rings. The highest BCUT2D eigenvalue weighted by Crippen LogP contribution is 2.24. The molecule has 1 atom stereocenters. The van der Waals surface area contributed by atoms with Gasteiger partial charge < -0.3 is 5.11 Å². The molecule has 0 saturated heterocycles. The van der Waals surface area contributed by atoms with Crippen LogP contribution in [0.1, 0.15) is 17.5 Å².